The number of hydrogen-bond acceptors (Lipinski definition) is 1. The lowest BCUT2D eigenvalue weighted by molar-refractivity contribution is 0.199. The van der Waals surface area contributed by atoms with Gasteiger partial charge in [-0.05, 0) is 28.4 Å². The standard InChI is InChI=1S/C10H10BrF2N/c1-8(14-7-10(11,12)13)9-5-3-2-4-6-9/h2-8H,1H3/t8-/m0/s1. The summed E-state index contributed by atoms with van der Waals surface area (Å²) in [6.07, 6.45) is 0.616. The fraction of sp³-hybridized carbons (Fsp3) is 0.300. The van der Waals surface area contributed by atoms with Crippen LogP contribution in [0.2, 0.25) is 0 Å². The molecule has 1 atom stereocenters. The van der Waals surface area contributed by atoms with E-state index >= 15 is 0 Å². The predicted octanol–water partition coefficient (Wildman–Crippen LogP) is 3.81. The predicted molar refractivity (Wildman–Crippen MR) is 57.2 cm³/mol. The molecule has 76 valence electrons. The van der Waals surface area contributed by atoms with Gasteiger partial charge >= 0.3 is 4.83 Å². The average molecular weight is 262 g/mol. The fourth-order valence-corrected chi connectivity index (χ4v) is 1.13. The molecule has 14 heavy (non-hydrogen) atoms. The zero-order chi connectivity index (χ0) is 10.6. The van der Waals surface area contributed by atoms with Crippen molar-refractivity contribution in [1.82, 2.24) is 0 Å². The first-order chi connectivity index (χ1) is 6.49. The molecule has 4 heteroatoms. The molecule has 0 N–H and O–H groups in total. The Labute approximate surface area is 90.0 Å². The van der Waals surface area contributed by atoms with Crippen LogP contribution in [0.1, 0.15) is 18.5 Å². The van der Waals surface area contributed by atoms with Crippen molar-refractivity contribution in [2.75, 3.05) is 0 Å². The molecule has 0 aromatic heterocycles. The van der Waals surface area contributed by atoms with Crippen LogP contribution in [0.4, 0.5) is 8.78 Å². The van der Waals surface area contributed by atoms with Gasteiger partial charge in [0.25, 0.3) is 0 Å². The molecule has 0 aliphatic carbocycles. The van der Waals surface area contributed by atoms with Crippen molar-refractivity contribution in [3.8, 4) is 0 Å². The second-order valence-corrected chi connectivity index (χ2v) is 3.96. The van der Waals surface area contributed by atoms with Gasteiger partial charge in [0.05, 0.1) is 12.3 Å². The highest BCUT2D eigenvalue weighted by atomic mass is 79.9. The summed E-state index contributed by atoms with van der Waals surface area (Å²) in [6, 6.07) is 9.04. The molecule has 1 rings (SSSR count). The molecule has 1 aromatic rings. The summed E-state index contributed by atoms with van der Waals surface area (Å²) < 4.78 is 24.7. The Kier molecular flexibility index (Phi) is 3.75. The first-order valence-electron chi connectivity index (χ1n) is 4.15. The number of aliphatic imine (C=N–C) groups is 1. The highest BCUT2D eigenvalue weighted by Gasteiger charge is 2.20. The molecule has 1 nitrogen and oxygen atoms in total. The summed E-state index contributed by atoms with van der Waals surface area (Å²) in [5.74, 6) is 0. The molecule has 0 radical (unpaired) electrons. The summed E-state index contributed by atoms with van der Waals surface area (Å²) in [4.78, 5) is 0.726. The van der Waals surface area contributed by atoms with E-state index in [0.29, 0.717) is 6.21 Å². The van der Waals surface area contributed by atoms with E-state index in [1.165, 1.54) is 0 Å². The van der Waals surface area contributed by atoms with Gasteiger partial charge in [-0.25, -0.2) is 0 Å². The first-order valence-corrected chi connectivity index (χ1v) is 4.94. The summed E-state index contributed by atoms with van der Waals surface area (Å²) in [5.41, 5.74) is 0.917. The molecule has 0 spiro atoms. The lowest BCUT2D eigenvalue weighted by atomic mass is 10.1. The molecule has 0 saturated heterocycles. The van der Waals surface area contributed by atoms with Crippen LogP contribution in [0.3, 0.4) is 0 Å². The van der Waals surface area contributed by atoms with Crippen LogP contribution >= 0.6 is 15.9 Å². The van der Waals surface area contributed by atoms with Crippen LogP contribution in [0.5, 0.6) is 0 Å². The smallest absolute Gasteiger partial charge is 0.283 e. The molecule has 1 aromatic carbocycles. The number of alkyl halides is 3. The second kappa shape index (κ2) is 4.64. The first kappa shape index (κ1) is 11.3. The zero-order valence-corrected chi connectivity index (χ0v) is 9.21. The van der Waals surface area contributed by atoms with E-state index in [1.54, 1.807) is 6.92 Å². The molecule has 0 aliphatic heterocycles. The number of benzene rings is 1. The van der Waals surface area contributed by atoms with Gasteiger partial charge in [0, 0.05) is 0 Å². The quantitative estimate of drug-likeness (QED) is 0.580. The molecule has 0 aliphatic rings. The number of hydrogen-bond donors (Lipinski definition) is 0. The third kappa shape index (κ3) is 3.96. The van der Waals surface area contributed by atoms with Crippen molar-refractivity contribution in [2.24, 2.45) is 4.99 Å². The van der Waals surface area contributed by atoms with Crippen LogP contribution in [0.15, 0.2) is 35.3 Å². The van der Waals surface area contributed by atoms with E-state index in [0.717, 1.165) is 5.56 Å². The molecular weight excluding hydrogens is 252 g/mol. The number of halogens is 3. The molecule has 0 amide bonds. The summed E-state index contributed by atoms with van der Waals surface area (Å²) in [6.45, 7) is 1.77. The van der Waals surface area contributed by atoms with Crippen molar-refractivity contribution in [1.29, 1.82) is 0 Å². The highest BCUT2D eigenvalue weighted by Crippen LogP contribution is 2.21. The van der Waals surface area contributed by atoms with Crippen LogP contribution < -0.4 is 0 Å². The number of rotatable bonds is 3. The van der Waals surface area contributed by atoms with E-state index in [-0.39, 0.29) is 6.04 Å². The Balaban J connectivity index is 2.69. The maximum absolute atomic E-state index is 12.4. The lowest BCUT2D eigenvalue weighted by Gasteiger charge is -2.07. The minimum Gasteiger partial charge on any atom is -0.283 e. The van der Waals surface area contributed by atoms with Crippen molar-refractivity contribution < 1.29 is 8.78 Å². The molecule has 0 saturated carbocycles. The van der Waals surface area contributed by atoms with Gasteiger partial charge in [-0.1, -0.05) is 30.3 Å². The van der Waals surface area contributed by atoms with Gasteiger partial charge in [0.2, 0.25) is 0 Å². The number of nitrogens with zero attached hydrogens (tertiary/aromatic N) is 1. The van der Waals surface area contributed by atoms with Gasteiger partial charge in [-0.2, -0.15) is 8.78 Å². The Morgan fingerprint density at radius 1 is 1.36 bits per heavy atom. The van der Waals surface area contributed by atoms with E-state index in [9.17, 15) is 8.78 Å². The normalized spacial score (nSPS) is 14.6. The zero-order valence-electron chi connectivity index (χ0n) is 7.62. The van der Waals surface area contributed by atoms with E-state index < -0.39 is 4.83 Å². The van der Waals surface area contributed by atoms with Crippen molar-refractivity contribution in [3.63, 3.8) is 0 Å². The van der Waals surface area contributed by atoms with Crippen molar-refractivity contribution >= 4 is 22.1 Å². The van der Waals surface area contributed by atoms with Crippen LogP contribution in [0, 0.1) is 0 Å². The van der Waals surface area contributed by atoms with E-state index in [2.05, 4.69) is 20.9 Å². The maximum atomic E-state index is 12.4. The molecular formula is C10H10BrF2N. The SMILES string of the molecule is C[C@H](N=CC(F)(F)Br)c1ccccc1. The van der Waals surface area contributed by atoms with Gasteiger partial charge in [-0.3, -0.25) is 4.99 Å². The Morgan fingerprint density at radius 3 is 2.43 bits per heavy atom. The summed E-state index contributed by atoms with van der Waals surface area (Å²) in [7, 11) is 0. The highest BCUT2D eigenvalue weighted by molar-refractivity contribution is 9.10. The van der Waals surface area contributed by atoms with Gasteiger partial charge in [-0.15, -0.1) is 0 Å². The molecule has 0 fully saturated rings. The Morgan fingerprint density at radius 2 is 1.93 bits per heavy atom. The van der Waals surface area contributed by atoms with E-state index in [1.807, 2.05) is 30.3 Å². The summed E-state index contributed by atoms with van der Waals surface area (Å²) >= 11 is 2.20. The minimum atomic E-state index is -3.02. The minimum absolute atomic E-state index is 0.250. The van der Waals surface area contributed by atoms with Crippen molar-refractivity contribution in [3.05, 3.63) is 35.9 Å². The third-order valence-corrected chi connectivity index (χ3v) is 1.93. The fourth-order valence-electron chi connectivity index (χ4n) is 1.01. The third-order valence-electron chi connectivity index (χ3n) is 1.73. The van der Waals surface area contributed by atoms with Gasteiger partial charge < -0.3 is 0 Å². The average Bonchev–Trinajstić information content (AvgIpc) is 2.14. The van der Waals surface area contributed by atoms with Crippen LogP contribution in [-0.2, 0) is 0 Å². The largest absolute Gasteiger partial charge is 0.336 e. The van der Waals surface area contributed by atoms with Gasteiger partial charge in [0.15, 0.2) is 0 Å². The lowest BCUT2D eigenvalue weighted by Crippen LogP contribution is -2.06. The maximum Gasteiger partial charge on any atom is 0.336 e. The molecule has 0 bridgehead atoms. The Hall–Kier alpha value is -0.770. The van der Waals surface area contributed by atoms with E-state index in [4.69, 9.17) is 0 Å². The molecule has 0 unspecified atom stereocenters. The molecule has 0 heterocycles. The van der Waals surface area contributed by atoms with Crippen molar-refractivity contribution in [2.45, 2.75) is 17.8 Å². The summed E-state index contributed by atoms with van der Waals surface area (Å²) in [5, 5.41) is 0. The Bertz CT molecular complexity index is 306. The second-order valence-electron chi connectivity index (χ2n) is 2.91. The topological polar surface area (TPSA) is 12.4 Å². The van der Waals surface area contributed by atoms with Gasteiger partial charge in [0.1, 0.15) is 0 Å². The monoisotopic (exact) mass is 261 g/mol. The van der Waals surface area contributed by atoms with Crippen LogP contribution in [-0.4, -0.2) is 11.0 Å². The van der Waals surface area contributed by atoms with Crippen LogP contribution in [0.25, 0.3) is 0 Å².